The van der Waals surface area contributed by atoms with Crippen molar-refractivity contribution in [1.82, 2.24) is 19.4 Å². The van der Waals surface area contributed by atoms with Crippen molar-refractivity contribution in [3.63, 3.8) is 0 Å². The zero-order chi connectivity index (χ0) is 24.1. The van der Waals surface area contributed by atoms with Gasteiger partial charge >= 0.3 is 0 Å². The number of hydrogen-bond donors (Lipinski definition) is 1. The van der Waals surface area contributed by atoms with Crippen molar-refractivity contribution in [1.29, 1.82) is 0 Å². The maximum atomic E-state index is 12.9. The molecule has 1 aliphatic rings. The third-order valence-electron chi connectivity index (χ3n) is 6.42. The van der Waals surface area contributed by atoms with Crippen LogP contribution in [0, 0.1) is 0 Å². The monoisotopic (exact) mass is 483 g/mol. The van der Waals surface area contributed by atoms with E-state index in [-0.39, 0.29) is 10.8 Å². The van der Waals surface area contributed by atoms with Crippen molar-refractivity contribution >= 4 is 27.0 Å². The van der Waals surface area contributed by atoms with Crippen LogP contribution in [0.25, 0.3) is 11.0 Å². The smallest absolute Gasteiger partial charge is 0.238 e. The molecule has 0 saturated carbocycles. The number of primary sulfonamides is 1. The summed E-state index contributed by atoms with van der Waals surface area (Å²) in [6, 6.07) is 15.3. The Morgan fingerprint density at radius 2 is 1.74 bits per heavy atom. The second-order valence-corrected chi connectivity index (χ2v) is 10.4. The molecule has 1 aliphatic heterocycles. The molecule has 9 heteroatoms. The number of carbonyl (C=O) groups excluding carboxylic acids is 1. The van der Waals surface area contributed by atoms with Gasteiger partial charge in [0.15, 0.2) is 0 Å². The molecular weight excluding hydrogens is 450 g/mol. The Morgan fingerprint density at radius 1 is 1.00 bits per heavy atom. The number of nitrogens with zero attached hydrogens (tertiary/aromatic N) is 4. The Balaban J connectivity index is 1.34. The minimum absolute atomic E-state index is 0.0499. The zero-order valence-electron chi connectivity index (χ0n) is 19.7. The fourth-order valence-corrected chi connectivity index (χ4v) is 5.06. The fourth-order valence-electron chi connectivity index (χ4n) is 4.53. The number of rotatable bonds is 9. The average Bonchev–Trinajstić information content (AvgIpc) is 3.18. The molecule has 182 valence electrons. The molecule has 1 amide bonds. The van der Waals surface area contributed by atoms with Gasteiger partial charge in [0.25, 0.3) is 0 Å². The number of benzene rings is 2. The summed E-state index contributed by atoms with van der Waals surface area (Å²) in [5.74, 6) is 0.946. The van der Waals surface area contributed by atoms with Crippen LogP contribution in [0.5, 0.6) is 0 Å². The second-order valence-electron chi connectivity index (χ2n) is 8.83. The third kappa shape index (κ3) is 5.84. The van der Waals surface area contributed by atoms with Crippen LogP contribution in [-0.2, 0) is 34.2 Å². The number of hydrogen-bond acceptors (Lipinski definition) is 5. The number of aromatic nitrogens is 2. The van der Waals surface area contributed by atoms with Crippen LogP contribution in [0.4, 0.5) is 0 Å². The first-order chi connectivity index (χ1) is 16.3. The van der Waals surface area contributed by atoms with E-state index in [2.05, 4.69) is 45.6 Å². The molecule has 0 aliphatic carbocycles. The molecule has 34 heavy (non-hydrogen) atoms. The predicted molar refractivity (Wildman–Crippen MR) is 133 cm³/mol. The number of carbonyl (C=O) groups is 1. The lowest BCUT2D eigenvalue weighted by atomic mass is 10.1. The molecule has 0 atom stereocenters. The van der Waals surface area contributed by atoms with Crippen LogP contribution in [-0.4, -0.2) is 66.4 Å². The van der Waals surface area contributed by atoms with Crippen molar-refractivity contribution in [2.45, 2.75) is 44.0 Å². The molecule has 1 saturated heterocycles. The lowest BCUT2D eigenvalue weighted by Gasteiger charge is -2.34. The number of aryl methyl sites for hydroxylation is 2. The standard InChI is InChI=1S/C25H33N5O3S/c1-2-13-30-23-9-8-21(34(26,32)33)19-22(23)27-24(30)10-11-25(31)29-17-15-28(16-18-29)14-12-20-6-4-3-5-7-20/h3-9,19H,2,10-18H2,1H3,(H2,26,32,33). The van der Waals surface area contributed by atoms with E-state index in [0.29, 0.717) is 18.4 Å². The molecule has 4 rings (SSSR count). The van der Waals surface area contributed by atoms with Crippen molar-refractivity contribution in [3.05, 3.63) is 59.9 Å². The first-order valence-electron chi connectivity index (χ1n) is 11.9. The molecule has 1 fully saturated rings. The largest absolute Gasteiger partial charge is 0.340 e. The Kier molecular flexibility index (Phi) is 7.65. The second kappa shape index (κ2) is 10.7. The summed E-state index contributed by atoms with van der Waals surface area (Å²) in [5, 5.41) is 5.27. The van der Waals surface area contributed by atoms with Gasteiger partial charge in [0, 0.05) is 52.1 Å². The topological polar surface area (TPSA) is 102 Å². The highest BCUT2D eigenvalue weighted by Crippen LogP contribution is 2.21. The van der Waals surface area contributed by atoms with Gasteiger partial charge < -0.3 is 9.47 Å². The van der Waals surface area contributed by atoms with Gasteiger partial charge in [0.1, 0.15) is 5.82 Å². The average molecular weight is 484 g/mol. The summed E-state index contributed by atoms with van der Waals surface area (Å²) < 4.78 is 25.5. The number of piperazine rings is 1. The molecule has 0 radical (unpaired) electrons. The highest BCUT2D eigenvalue weighted by atomic mass is 32.2. The predicted octanol–water partition coefficient (Wildman–Crippen LogP) is 2.41. The number of fused-ring (bicyclic) bond motifs is 1. The van der Waals surface area contributed by atoms with Crippen LogP contribution in [0.3, 0.4) is 0 Å². The Morgan fingerprint density at radius 3 is 2.41 bits per heavy atom. The number of nitrogens with two attached hydrogens (primary N) is 1. The SMILES string of the molecule is CCCn1c(CCC(=O)N2CCN(CCc3ccccc3)CC2)nc2cc(S(N)(=O)=O)ccc21. The quantitative estimate of drug-likeness (QED) is 0.504. The summed E-state index contributed by atoms with van der Waals surface area (Å²) in [7, 11) is -3.79. The molecule has 0 bridgehead atoms. The van der Waals surface area contributed by atoms with Crippen molar-refractivity contribution < 1.29 is 13.2 Å². The van der Waals surface area contributed by atoms with E-state index in [1.807, 2.05) is 11.0 Å². The third-order valence-corrected chi connectivity index (χ3v) is 7.33. The summed E-state index contributed by atoms with van der Waals surface area (Å²) in [6.07, 6.45) is 2.84. The Labute approximate surface area is 201 Å². The number of imidazole rings is 1. The summed E-state index contributed by atoms with van der Waals surface area (Å²) in [4.78, 5) is 22.0. The lowest BCUT2D eigenvalue weighted by molar-refractivity contribution is -0.132. The van der Waals surface area contributed by atoms with Gasteiger partial charge in [-0.1, -0.05) is 37.3 Å². The van der Waals surface area contributed by atoms with E-state index in [4.69, 9.17) is 5.14 Å². The number of sulfonamides is 1. The molecule has 2 aromatic carbocycles. The van der Waals surface area contributed by atoms with E-state index >= 15 is 0 Å². The van der Waals surface area contributed by atoms with Gasteiger partial charge in [-0.05, 0) is 36.6 Å². The van der Waals surface area contributed by atoms with Crippen LogP contribution in [0.2, 0.25) is 0 Å². The van der Waals surface area contributed by atoms with E-state index in [9.17, 15) is 13.2 Å². The molecule has 2 heterocycles. The highest BCUT2D eigenvalue weighted by Gasteiger charge is 2.22. The molecule has 0 spiro atoms. The Bertz CT molecular complexity index is 1230. The van der Waals surface area contributed by atoms with E-state index < -0.39 is 10.0 Å². The van der Waals surface area contributed by atoms with Crippen LogP contribution < -0.4 is 5.14 Å². The fraction of sp³-hybridized carbons (Fsp3) is 0.440. The van der Waals surface area contributed by atoms with Crippen molar-refractivity contribution in [2.24, 2.45) is 5.14 Å². The van der Waals surface area contributed by atoms with Crippen molar-refractivity contribution in [2.75, 3.05) is 32.7 Å². The van der Waals surface area contributed by atoms with Gasteiger partial charge in [-0.15, -0.1) is 0 Å². The van der Waals surface area contributed by atoms with Crippen molar-refractivity contribution in [3.8, 4) is 0 Å². The first-order valence-corrected chi connectivity index (χ1v) is 13.5. The van der Waals surface area contributed by atoms with E-state index in [0.717, 1.165) is 63.5 Å². The molecule has 8 nitrogen and oxygen atoms in total. The number of amides is 1. The summed E-state index contributed by atoms with van der Waals surface area (Å²) in [5.41, 5.74) is 2.80. The minimum atomic E-state index is -3.79. The van der Waals surface area contributed by atoms with Gasteiger partial charge in [-0.25, -0.2) is 18.5 Å². The normalized spacial score (nSPS) is 15.2. The van der Waals surface area contributed by atoms with Gasteiger partial charge in [-0.2, -0.15) is 0 Å². The van der Waals surface area contributed by atoms with E-state index in [1.54, 1.807) is 6.07 Å². The molecular formula is C25H33N5O3S. The van der Waals surface area contributed by atoms with Gasteiger partial charge in [-0.3, -0.25) is 9.69 Å². The Hall–Kier alpha value is -2.75. The van der Waals surface area contributed by atoms with Gasteiger partial charge in [0.2, 0.25) is 15.9 Å². The first kappa shape index (κ1) is 24.4. The van der Waals surface area contributed by atoms with Crippen LogP contribution in [0.15, 0.2) is 53.4 Å². The molecule has 1 aromatic heterocycles. The molecule has 0 unspecified atom stereocenters. The lowest BCUT2D eigenvalue weighted by Crippen LogP contribution is -2.49. The zero-order valence-corrected chi connectivity index (χ0v) is 20.5. The molecule has 3 aromatic rings. The summed E-state index contributed by atoms with van der Waals surface area (Å²) in [6.45, 7) is 7.12. The summed E-state index contributed by atoms with van der Waals surface area (Å²) >= 11 is 0. The van der Waals surface area contributed by atoms with Crippen LogP contribution in [0.1, 0.15) is 31.2 Å². The minimum Gasteiger partial charge on any atom is -0.340 e. The van der Waals surface area contributed by atoms with Crippen LogP contribution >= 0.6 is 0 Å². The maximum Gasteiger partial charge on any atom is 0.238 e. The van der Waals surface area contributed by atoms with Gasteiger partial charge in [0.05, 0.1) is 15.9 Å². The highest BCUT2D eigenvalue weighted by molar-refractivity contribution is 7.89. The maximum absolute atomic E-state index is 12.9. The van der Waals surface area contributed by atoms with E-state index in [1.165, 1.54) is 17.7 Å². The molecule has 2 N–H and O–H groups in total.